The van der Waals surface area contributed by atoms with Crippen LogP contribution in [0.3, 0.4) is 0 Å². The molecule has 0 atom stereocenters. The van der Waals surface area contributed by atoms with Gasteiger partial charge >= 0.3 is 10.1 Å². The Hall–Kier alpha value is -3.40. The van der Waals surface area contributed by atoms with Gasteiger partial charge in [-0.15, -0.1) is 0 Å². The van der Waals surface area contributed by atoms with Crippen LogP contribution in [0.1, 0.15) is 27.6 Å². The molecule has 10 heteroatoms. The summed E-state index contributed by atoms with van der Waals surface area (Å²) in [6.07, 6.45) is 0. The number of amides is 3. The highest BCUT2D eigenvalue weighted by Gasteiger charge is 2.29. The van der Waals surface area contributed by atoms with Crippen LogP contribution < -0.4 is 14.4 Å². The van der Waals surface area contributed by atoms with Gasteiger partial charge in [0, 0.05) is 38.8 Å². The fraction of sp³-hybridized carbons (Fsp3) is 0.250. The maximum Gasteiger partial charge on any atom is 0.339 e. The third-order valence-corrected chi connectivity index (χ3v) is 6.37. The van der Waals surface area contributed by atoms with E-state index < -0.39 is 21.9 Å². The number of piperazine rings is 1. The number of anilines is 1. The van der Waals surface area contributed by atoms with Crippen molar-refractivity contribution in [2.45, 2.75) is 11.8 Å². The Morgan fingerprint density at radius 3 is 2.20 bits per heavy atom. The van der Waals surface area contributed by atoms with Gasteiger partial charge in [0.1, 0.15) is 10.6 Å². The van der Waals surface area contributed by atoms with E-state index in [0.717, 1.165) is 11.8 Å². The van der Waals surface area contributed by atoms with Crippen molar-refractivity contribution in [2.24, 2.45) is 0 Å². The lowest BCUT2D eigenvalue weighted by Gasteiger charge is -2.35. The standard InChI is InChI=1S/C20H19N3O6S/c1-13(24)22-8-10-23(11-9-22)14-2-4-15(5-3-14)29-30(27,28)16-6-7-17-18(12-16)20(26)21-19(17)25/h2-7,12H,8-11H2,1H3,(H,21,25,26). The van der Waals surface area contributed by atoms with Crippen LogP contribution in [0.25, 0.3) is 0 Å². The fourth-order valence-electron chi connectivity index (χ4n) is 3.47. The molecule has 1 fully saturated rings. The van der Waals surface area contributed by atoms with Crippen molar-refractivity contribution in [3.05, 3.63) is 53.6 Å². The van der Waals surface area contributed by atoms with Gasteiger partial charge in [-0.3, -0.25) is 19.7 Å². The monoisotopic (exact) mass is 429 g/mol. The number of fused-ring (bicyclic) bond motifs is 1. The van der Waals surface area contributed by atoms with Crippen molar-refractivity contribution in [3.8, 4) is 5.75 Å². The third-order valence-electron chi connectivity index (χ3n) is 5.13. The zero-order chi connectivity index (χ0) is 21.5. The number of imide groups is 1. The largest absolute Gasteiger partial charge is 0.379 e. The number of nitrogens with zero attached hydrogens (tertiary/aromatic N) is 2. The molecule has 2 aromatic rings. The van der Waals surface area contributed by atoms with E-state index in [1.54, 1.807) is 36.1 Å². The van der Waals surface area contributed by atoms with Crippen molar-refractivity contribution in [3.63, 3.8) is 0 Å². The van der Waals surface area contributed by atoms with Crippen LogP contribution in [0.2, 0.25) is 0 Å². The van der Waals surface area contributed by atoms with Gasteiger partial charge in [0.15, 0.2) is 0 Å². The van der Waals surface area contributed by atoms with Gasteiger partial charge in [-0.25, -0.2) is 0 Å². The molecule has 9 nitrogen and oxygen atoms in total. The minimum Gasteiger partial charge on any atom is -0.379 e. The van der Waals surface area contributed by atoms with Crippen LogP contribution in [0.15, 0.2) is 47.4 Å². The number of carbonyl (C=O) groups is 3. The molecular formula is C20H19N3O6S. The molecule has 30 heavy (non-hydrogen) atoms. The average Bonchev–Trinajstić information content (AvgIpc) is 3.02. The normalized spacial score (nSPS) is 16.3. The van der Waals surface area contributed by atoms with Gasteiger partial charge in [-0.1, -0.05) is 0 Å². The van der Waals surface area contributed by atoms with Crippen molar-refractivity contribution in [2.75, 3.05) is 31.1 Å². The first-order chi connectivity index (χ1) is 14.2. The molecule has 3 amide bonds. The summed E-state index contributed by atoms with van der Waals surface area (Å²) in [5.41, 5.74) is 1.04. The van der Waals surface area contributed by atoms with Crippen molar-refractivity contribution in [1.29, 1.82) is 0 Å². The lowest BCUT2D eigenvalue weighted by Crippen LogP contribution is -2.48. The van der Waals surface area contributed by atoms with Gasteiger partial charge in [0.2, 0.25) is 5.91 Å². The SMILES string of the molecule is CC(=O)N1CCN(c2ccc(OS(=O)(=O)c3ccc4c(c3)C(=O)NC4=O)cc2)CC1. The quantitative estimate of drug-likeness (QED) is 0.570. The molecule has 0 saturated carbocycles. The molecule has 0 aromatic heterocycles. The Labute approximate surface area is 173 Å². The Morgan fingerprint density at radius 1 is 0.933 bits per heavy atom. The van der Waals surface area contributed by atoms with Gasteiger partial charge in [0.05, 0.1) is 11.1 Å². The van der Waals surface area contributed by atoms with Crippen LogP contribution in [0.4, 0.5) is 5.69 Å². The van der Waals surface area contributed by atoms with Crippen molar-refractivity contribution >= 4 is 33.5 Å². The van der Waals surface area contributed by atoms with Crippen LogP contribution in [-0.2, 0) is 14.9 Å². The van der Waals surface area contributed by atoms with E-state index in [-0.39, 0.29) is 27.7 Å². The van der Waals surface area contributed by atoms with E-state index in [1.165, 1.54) is 12.1 Å². The molecule has 4 rings (SSSR count). The average molecular weight is 429 g/mol. The maximum absolute atomic E-state index is 12.6. The summed E-state index contributed by atoms with van der Waals surface area (Å²) >= 11 is 0. The summed E-state index contributed by atoms with van der Waals surface area (Å²) < 4.78 is 30.4. The summed E-state index contributed by atoms with van der Waals surface area (Å²) in [5, 5.41) is 2.12. The molecule has 0 bridgehead atoms. The smallest absolute Gasteiger partial charge is 0.339 e. The summed E-state index contributed by atoms with van der Waals surface area (Å²) in [6, 6.07) is 10.3. The van der Waals surface area contributed by atoms with Crippen molar-refractivity contribution in [1.82, 2.24) is 10.2 Å². The zero-order valence-corrected chi connectivity index (χ0v) is 16.9. The molecule has 2 heterocycles. The van der Waals surface area contributed by atoms with Crippen LogP contribution >= 0.6 is 0 Å². The predicted octanol–water partition coefficient (Wildman–Crippen LogP) is 1.01. The maximum atomic E-state index is 12.6. The molecule has 156 valence electrons. The first kappa shape index (κ1) is 19.9. The molecule has 0 radical (unpaired) electrons. The van der Waals surface area contributed by atoms with E-state index in [4.69, 9.17) is 4.18 Å². The van der Waals surface area contributed by atoms with Crippen LogP contribution in [-0.4, -0.2) is 57.2 Å². The molecule has 2 aliphatic heterocycles. The molecule has 0 aliphatic carbocycles. The van der Waals surface area contributed by atoms with E-state index >= 15 is 0 Å². The molecule has 0 spiro atoms. The molecular weight excluding hydrogens is 410 g/mol. The molecule has 1 saturated heterocycles. The van der Waals surface area contributed by atoms with Crippen LogP contribution in [0, 0.1) is 0 Å². The summed E-state index contributed by atoms with van der Waals surface area (Å²) in [4.78, 5) is 38.5. The van der Waals surface area contributed by atoms with Gasteiger partial charge in [-0.2, -0.15) is 8.42 Å². The summed E-state index contributed by atoms with van der Waals surface area (Å²) in [5.74, 6) is -1.01. The second-order valence-electron chi connectivity index (χ2n) is 7.02. The third kappa shape index (κ3) is 3.73. The number of hydrogen-bond acceptors (Lipinski definition) is 7. The topological polar surface area (TPSA) is 113 Å². The Balaban J connectivity index is 1.47. The molecule has 0 unspecified atom stereocenters. The highest BCUT2D eigenvalue weighted by Crippen LogP contribution is 2.25. The number of rotatable bonds is 4. The van der Waals surface area contributed by atoms with Crippen LogP contribution in [0.5, 0.6) is 5.75 Å². The Morgan fingerprint density at radius 2 is 1.57 bits per heavy atom. The minimum absolute atomic E-state index is 0.00438. The summed E-state index contributed by atoms with van der Waals surface area (Å²) in [6.45, 7) is 4.20. The first-order valence-corrected chi connectivity index (χ1v) is 10.7. The highest BCUT2D eigenvalue weighted by atomic mass is 32.2. The Bertz CT molecular complexity index is 1140. The number of carbonyl (C=O) groups excluding carboxylic acids is 3. The molecule has 2 aliphatic rings. The van der Waals surface area contributed by atoms with E-state index in [9.17, 15) is 22.8 Å². The number of nitrogens with one attached hydrogen (secondary N) is 1. The highest BCUT2D eigenvalue weighted by molar-refractivity contribution is 7.87. The number of hydrogen-bond donors (Lipinski definition) is 1. The van der Waals surface area contributed by atoms with E-state index in [1.807, 2.05) is 0 Å². The van der Waals surface area contributed by atoms with Gasteiger partial charge in [-0.05, 0) is 42.5 Å². The zero-order valence-electron chi connectivity index (χ0n) is 16.1. The predicted molar refractivity (Wildman–Crippen MR) is 107 cm³/mol. The van der Waals surface area contributed by atoms with Gasteiger partial charge in [0.25, 0.3) is 11.8 Å². The van der Waals surface area contributed by atoms with E-state index in [2.05, 4.69) is 10.2 Å². The molecule has 2 aromatic carbocycles. The lowest BCUT2D eigenvalue weighted by molar-refractivity contribution is -0.129. The number of benzene rings is 2. The minimum atomic E-state index is -4.18. The lowest BCUT2D eigenvalue weighted by atomic mass is 10.1. The fourth-order valence-corrected chi connectivity index (χ4v) is 4.43. The molecule has 1 N–H and O–H groups in total. The first-order valence-electron chi connectivity index (χ1n) is 9.29. The Kier molecular flexibility index (Phi) is 4.94. The second kappa shape index (κ2) is 7.45. The second-order valence-corrected chi connectivity index (χ2v) is 8.56. The van der Waals surface area contributed by atoms with E-state index in [0.29, 0.717) is 26.2 Å². The summed E-state index contributed by atoms with van der Waals surface area (Å²) in [7, 11) is -4.18. The van der Waals surface area contributed by atoms with Crippen molar-refractivity contribution < 1.29 is 27.0 Å². The van der Waals surface area contributed by atoms with Gasteiger partial charge < -0.3 is 14.0 Å².